The summed E-state index contributed by atoms with van der Waals surface area (Å²) in [6.45, 7) is 7.64. The Hall–Kier alpha value is -2.13. The van der Waals surface area contributed by atoms with E-state index in [9.17, 15) is 19.5 Å². The van der Waals surface area contributed by atoms with Crippen LogP contribution in [0.2, 0.25) is 0 Å². The van der Waals surface area contributed by atoms with Crippen LogP contribution >= 0.6 is 0 Å². The molecule has 2 fully saturated rings. The third-order valence-electron chi connectivity index (χ3n) is 6.08. The number of nitrogens with zero attached hydrogens (tertiary/aromatic N) is 2. The molecule has 2 N–H and O–H groups in total. The van der Waals surface area contributed by atoms with Crippen molar-refractivity contribution in [1.29, 1.82) is 0 Å². The maximum Gasteiger partial charge on any atom is 0.412 e. The van der Waals surface area contributed by atoms with Crippen LogP contribution in [0.15, 0.2) is 15.8 Å². The highest BCUT2D eigenvalue weighted by molar-refractivity contribution is 5.68. The highest BCUT2D eigenvalue weighted by Gasteiger charge is 2.41. The average molecular weight is 409 g/mol. The van der Waals surface area contributed by atoms with E-state index in [4.69, 9.17) is 9.47 Å². The summed E-state index contributed by atoms with van der Waals surface area (Å²) >= 11 is 0. The van der Waals surface area contributed by atoms with Crippen LogP contribution in [-0.2, 0) is 9.47 Å². The van der Waals surface area contributed by atoms with Gasteiger partial charge in [0.05, 0.1) is 13.2 Å². The van der Waals surface area contributed by atoms with Crippen LogP contribution in [0.3, 0.4) is 0 Å². The fraction of sp³-hybridized carbons (Fsp3) is 0.750. The number of aromatic amines is 1. The molecular weight excluding hydrogens is 378 g/mol. The number of ether oxygens (including phenoxy) is 2. The topological polar surface area (TPSA) is 114 Å². The largest absolute Gasteiger partial charge is 0.446 e. The number of hydrogen-bond donors (Lipinski definition) is 2. The van der Waals surface area contributed by atoms with Crippen molar-refractivity contribution in [3.8, 4) is 0 Å². The zero-order valence-electron chi connectivity index (χ0n) is 17.5. The van der Waals surface area contributed by atoms with Gasteiger partial charge in [-0.1, -0.05) is 27.2 Å². The van der Waals surface area contributed by atoms with E-state index in [0.717, 1.165) is 19.3 Å². The smallest absolute Gasteiger partial charge is 0.412 e. The molecule has 2 aliphatic rings. The van der Waals surface area contributed by atoms with Gasteiger partial charge >= 0.3 is 11.8 Å². The second-order valence-electron chi connectivity index (χ2n) is 8.61. The Balaban J connectivity index is 1.76. The Bertz CT molecular complexity index is 847. The molecule has 2 heterocycles. The Labute approximate surface area is 169 Å². The van der Waals surface area contributed by atoms with E-state index in [1.54, 1.807) is 6.92 Å². The Kier molecular flexibility index (Phi) is 6.48. The predicted octanol–water partition coefficient (Wildman–Crippen LogP) is 1.59. The lowest BCUT2D eigenvalue weighted by molar-refractivity contribution is -0.0645. The summed E-state index contributed by atoms with van der Waals surface area (Å²) in [6, 6.07) is 0. The zero-order chi connectivity index (χ0) is 21.3. The van der Waals surface area contributed by atoms with Crippen LogP contribution < -0.4 is 11.2 Å². The van der Waals surface area contributed by atoms with Gasteiger partial charge in [-0.2, -0.15) is 0 Å². The lowest BCUT2D eigenvalue weighted by Crippen LogP contribution is -2.43. The maximum absolute atomic E-state index is 12.9. The molecule has 1 aromatic rings. The molecular formula is C20H31N3O6. The molecule has 1 amide bonds. The number of nitrogens with one attached hydrogen (secondary N) is 1. The van der Waals surface area contributed by atoms with Crippen molar-refractivity contribution in [2.45, 2.75) is 65.5 Å². The second kappa shape index (κ2) is 8.71. The lowest BCUT2D eigenvalue weighted by Gasteiger charge is -2.37. The van der Waals surface area contributed by atoms with Gasteiger partial charge in [0, 0.05) is 11.8 Å². The van der Waals surface area contributed by atoms with Crippen LogP contribution in [0.4, 0.5) is 4.79 Å². The minimum Gasteiger partial charge on any atom is -0.446 e. The molecule has 9 heteroatoms. The third kappa shape index (κ3) is 4.56. The van der Waals surface area contributed by atoms with E-state index in [2.05, 4.69) is 25.8 Å². The van der Waals surface area contributed by atoms with E-state index < -0.39 is 36.4 Å². The highest BCUT2D eigenvalue weighted by Crippen LogP contribution is 2.36. The van der Waals surface area contributed by atoms with Gasteiger partial charge in [0.1, 0.15) is 6.10 Å². The molecule has 1 aliphatic carbocycles. The van der Waals surface area contributed by atoms with Crippen molar-refractivity contribution in [3.63, 3.8) is 0 Å². The molecule has 0 spiro atoms. The summed E-state index contributed by atoms with van der Waals surface area (Å²) in [5.74, 6) is 1.19. The molecule has 9 nitrogen and oxygen atoms in total. The van der Waals surface area contributed by atoms with Gasteiger partial charge in [-0.3, -0.25) is 19.2 Å². The molecule has 0 unspecified atom stereocenters. The second-order valence-corrected chi connectivity index (χ2v) is 8.61. The van der Waals surface area contributed by atoms with Crippen LogP contribution in [0.1, 0.15) is 51.8 Å². The first kappa shape index (κ1) is 21.6. The van der Waals surface area contributed by atoms with E-state index in [-0.39, 0.29) is 12.6 Å². The van der Waals surface area contributed by atoms with Crippen molar-refractivity contribution < 1.29 is 19.4 Å². The zero-order valence-corrected chi connectivity index (χ0v) is 17.5. The SMILES string of the molecule is Cc1cn([C@H]2CN(C(=O)O[C@@H]3C[C@H](C)CC[C@H]3C(C)C)[C@@H](CO)O2)c(=O)[nH]c1=O. The molecule has 1 saturated heterocycles. The van der Waals surface area contributed by atoms with Crippen LogP contribution in [0.5, 0.6) is 0 Å². The number of aliphatic hydroxyl groups excluding tert-OH is 1. The van der Waals surface area contributed by atoms with Crippen LogP contribution in [-0.4, -0.2) is 51.1 Å². The summed E-state index contributed by atoms with van der Waals surface area (Å²) in [5, 5.41) is 9.69. The minimum atomic E-state index is -0.912. The number of carbonyl (C=O) groups excluding carboxylic acids is 1. The number of hydrogen-bond acceptors (Lipinski definition) is 6. The third-order valence-corrected chi connectivity index (χ3v) is 6.08. The Morgan fingerprint density at radius 3 is 2.76 bits per heavy atom. The summed E-state index contributed by atoms with van der Waals surface area (Å²) in [6.07, 6.45) is 1.90. The predicted molar refractivity (Wildman–Crippen MR) is 105 cm³/mol. The number of aromatic nitrogens is 2. The van der Waals surface area contributed by atoms with Gasteiger partial charge in [-0.25, -0.2) is 9.59 Å². The van der Waals surface area contributed by atoms with Gasteiger partial charge in [-0.05, 0) is 37.5 Å². The standard InChI is InChI=1S/C20H31N3O6/c1-11(2)14-6-5-12(3)7-15(14)28-20(27)23-9-16(29-17(23)10-24)22-8-13(4)18(25)21-19(22)26/h8,11-12,14-17,24H,5-7,9-10H2,1-4H3,(H,21,25,26)/t12-,14+,15-,16-,17-/m1/s1. The van der Waals surface area contributed by atoms with E-state index in [0.29, 0.717) is 23.3 Å². The Morgan fingerprint density at radius 1 is 1.38 bits per heavy atom. The fourth-order valence-electron chi connectivity index (χ4n) is 4.32. The summed E-state index contributed by atoms with van der Waals surface area (Å²) in [7, 11) is 0. The van der Waals surface area contributed by atoms with Crippen LogP contribution in [0, 0.1) is 24.7 Å². The quantitative estimate of drug-likeness (QED) is 0.781. The van der Waals surface area contributed by atoms with Crippen molar-refractivity contribution in [2.75, 3.05) is 13.2 Å². The normalized spacial score (nSPS) is 30.0. The van der Waals surface area contributed by atoms with Crippen molar-refractivity contribution in [3.05, 3.63) is 32.6 Å². The van der Waals surface area contributed by atoms with Gasteiger partial charge in [0.2, 0.25) is 0 Å². The van der Waals surface area contributed by atoms with Gasteiger partial charge in [0.15, 0.2) is 12.5 Å². The minimum absolute atomic E-state index is 0.0457. The number of aliphatic hydroxyl groups is 1. The van der Waals surface area contributed by atoms with E-state index >= 15 is 0 Å². The average Bonchev–Trinajstić information content (AvgIpc) is 3.08. The summed E-state index contributed by atoms with van der Waals surface area (Å²) in [4.78, 5) is 40.2. The summed E-state index contributed by atoms with van der Waals surface area (Å²) < 4.78 is 12.8. The molecule has 3 rings (SSSR count). The van der Waals surface area contributed by atoms with Gasteiger partial charge < -0.3 is 14.6 Å². The Morgan fingerprint density at radius 2 is 2.10 bits per heavy atom. The highest BCUT2D eigenvalue weighted by atomic mass is 16.6. The fourth-order valence-corrected chi connectivity index (χ4v) is 4.32. The van der Waals surface area contributed by atoms with E-state index in [1.165, 1.54) is 15.7 Å². The first-order valence-corrected chi connectivity index (χ1v) is 10.3. The van der Waals surface area contributed by atoms with Crippen molar-refractivity contribution in [2.24, 2.45) is 17.8 Å². The molecule has 0 aromatic carbocycles. The monoisotopic (exact) mass is 409 g/mol. The first-order valence-electron chi connectivity index (χ1n) is 10.3. The number of carbonyl (C=O) groups is 1. The maximum atomic E-state index is 12.9. The molecule has 1 aliphatic heterocycles. The molecule has 0 bridgehead atoms. The lowest BCUT2D eigenvalue weighted by atomic mass is 9.75. The molecule has 29 heavy (non-hydrogen) atoms. The number of aryl methyl sites for hydroxylation is 1. The molecule has 5 atom stereocenters. The molecule has 0 radical (unpaired) electrons. The molecule has 1 saturated carbocycles. The van der Waals surface area contributed by atoms with E-state index in [1.807, 2.05) is 0 Å². The van der Waals surface area contributed by atoms with Gasteiger partial charge in [0.25, 0.3) is 5.56 Å². The first-order chi connectivity index (χ1) is 13.7. The number of amides is 1. The molecule has 1 aromatic heterocycles. The summed E-state index contributed by atoms with van der Waals surface area (Å²) in [5.41, 5.74) is -0.741. The number of H-pyrrole nitrogens is 1. The van der Waals surface area contributed by atoms with Crippen molar-refractivity contribution >= 4 is 6.09 Å². The van der Waals surface area contributed by atoms with Crippen LogP contribution in [0.25, 0.3) is 0 Å². The number of rotatable bonds is 4. The molecule has 162 valence electrons. The van der Waals surface area contributed by atoms with Crippen molar-refractivity contribution in [1.82, 2.24) is 14.5 Å². The van der Waals surface area contributed by atoms with Gasteiger partial charge in [-0.15, -0.1) is 0 Å².